The first kappa shape index (κ1) is 17.5. The lowest BCUT2D eigenvalue weighted by atomic mass is 10.2. The van der Waals surface area contributed by atoms with E-state index in [1.807, 2.05) is 0 Å². The number of rotatable bonds is 4. The van der Waals surface area contributed by atoms with E-state index in [0.29, 0.717) is 38.7 Å². The van der Waals surface area contributed by atoms with Gasteiger partial charge in [-0.1, -0.05) is 35.3 Å². The van der Waals surface area contributed by atoms with E-state index >= 15 is 0 Å². The fourth-order valence-electron chi connectivity index (χ4n) is 1.82. The Morgan fingerprint density at radius 3 is 2.65 bits per heavy atom. The number of anilines is 2. The number of benzene rings is 2. The van der Waals surface area contributed by atoms with E-state index in [-0.39, 0.29) is 5.97 Å². The van der Waals surface area contributed by atoms with Crippen LogP contribution in [0.2, 0.25) is 10.0 Å². The van der Waals surface area contributed by atoms with Crippen LogP contribution in [0.1, 0.15) is 17.3 Å². The van der Waals surface area contributed by atoms with Gasteiger partial charge in [0.25, 0.3) is 0 Å². The number of thiocarbonyl (C=S) groups is 1. The van der Waals surface area contributed by atoms with Crippen LogP contribution in [0.3, 0.4) is 0 Å². The second kappa shape index (κ2) is 8.15. The number of ether oxygens (including phenoxy) is 1. The van der Waals surface area contributed by atoms with Crippen molar-refractivity contribution in [2.24, 2.45) is 0 Å². The molecule has 120 valence electrons. The molecule has 0 radical (unpaired) electrons. The fourth-order valence-corrected chi connectivity index (χ4v) is 2.40. The number of carbonyl (C=O) groups is 1. The highest BCUT2D eigenvalue weighted by atomic mass is 35.5. The summed E-state index contributed by atoms with van der Waals surface area (Å²) in [6.45, 7) is 2.08. The first-order chi connectivity index (χ1) is 11.0. The van der Waals surface area contributed by atoms with Crippen LogP contribution < -0.4 is 10.6 Å². The summed E-state index contributed by atoms with van der Waals surface area (Å²) in [6, 6.07) is 12.1. The first-order valence-corrected chi connectivity index (χ1v) is 7.97. The topological polar surface area (TPSA) is 50.4 Å². The highest BCUT2D eigenvalue weighted by Crippen LogP contribution is 2.29. The average Bonchev–Trinajstić information content (AvgIpc) is 2.52. The van der Waals surface area contributed by atoms with E-state index < -0.39 is 0 Å². The summed E-state index contributed by atoms with van der Waals surface area (Å²) in [5.74, 6) is -0.382. The van der Waals surface area contributed by atoms with Crippen LogP contribution in [0.5, 0.6) is 0 Å². The Labute approximate surface area is 149 Å². The minimum absolute atomic E-state index is 0.323. The fraction of sp³-hybridized carbons (Fsp3) is 0.125. The molecule has 0 bridgehead atoms. The lowest BCUT2D eigenvalue weighted by molar-refractivity contribution is 0.0526. The van der Waals surface area contributed by atoms with Gasteiger partial charge in [-0.3, -0.25) is 0 Å². The van der Waals surface area contributed by atoms with Gasteiger partial charge >= 0.3 is 5.97 Å². The number of nitrogens with one attached hydrogen (secondary N) is 2. The molecule has 0 saturated heterocycles. The van der Waals surface area contributed by atoms with Crippen molar-refractivity contribution in [3.05, 3.63) is 58.1 Å². The van der Waals surface area contributed by atoms with Crippen LogP contribution in [-0.2, 0) is 4.74 Å². The molecule has 2 aromatic carbocycles. The van der Waals surface area contributed by atoms with Crippen LogP contribution >= 0.6 is 35.4 Å². The quantitative estimate of drug-likeness (QED) is 0.588. The minimum Gasteiger partial charge on any atom is -0.462 e. The lowest BCUT2D eigenvalue weighted by Crippen LogP contribution is -2.19. The van der Waals surface area contributed by atoms with E-state index in [1.54, 1.807) is 49.4 Å². The van der Waals surface area contributed by atoms with Gasteiger partial charge in [0.1, 0.15) is 0 Å². The minimum atomic E-state index is -0.382. The monoisotopic (exact) mass is 368 g/mol. The molecule has 0 aliphatic carbocycles. The van der Waals surface area contributed by atoms with Crippen molar-refractivity contribution in [2.75, 3.05) is 17.2 Å². The van der Waals surface area contributed by atoms with E-state index in [0.717, 1.165) is 0 Å². The summed E-state index contributed by atoms with van der Waals surface area (Å²) in [4.78, 5) is 11.7. The second-order valence-corrected chi connectivity index (χ2v) is 5.68. The average molecular weight is 369 g/mol. The number of hydrogen-bond donors (Lipinski definition) is 2. The maximum atomic E-state index is 11.7. The van der Waals surface area contributed by atoms with Crippen molar-refractivity contribution in [1.82, 2.24) is 0 Å². The Kier molecular flexibility index (Phi) is 6.21. The third-order valence-electron chi connectivity index (χ3n) is 2.83. The molecule has 0 aliphatic rings. The summed E-state index contributed by atoms with van der Waals surface area (Å²) in [6.07, 6.45) is 0. The maximum Gasteiger partial charge on any atom is 0.338 e. The maximum absolute atomic E-state index is 11.7. The molecule has 2 aromatic rings. The molecule has 2 rings (SSSR count). The Bertz CT molecular complexity index is 738. The van der Waals surface area contributed by atoms with E-state index in [2.05, 4.69) is 10.6 Å². The zero-order chi connectivity index (χ0) is 16.8. The van der Waals surface area contributed by atoms with Crippen LogP contribution in [0.25, 0.3) is 0 Å². The molecule has 2 N–H and O–H groups in total. The molecule has 23 heavy (non-hydrogen) atoms. The van der Waals surface area contributed by atoms with E-state index in [9.17, 15) is 4.79 Å². The third-order valence-corrected chi connectivity index (χ3v) is 3.85. The Morgan fingerprint density at radius 2 is 1.91 bits per heavy atom. The largest absolute Gasteiger partial charge is 0.462 e. The van der Waals surface area contributed by atoms with Crippen molar-refractivity contribution in [2.45, 2.75) is 6.92 Å². The molecule has 0 amide bonds. The molecule has 0 fully saturated rings. The summed E-state index contributed by atoms with van der Waals surface area (Å²) in [5, 5.41) is 7.10. The zero-order valence-corrected chi connectivity index (χ0v) is 14.6. The molecule has 0 aliphatic heterocycles. The van der Waals surface area contributed by atoms with Crippen LogP contribution in [-0.4, -0.2) is 17.7 Å². The van der Waals surface area contributed by atoms with Gasteiger partial charge in [0.2, 0.25) is 0 Å². The van der Waals surface area contributed by atoms with Crippen molar-refractivity contribution >= 4 is 57.9 Å². The van der Waals surface area contributed by atoms with Gasteiger partial charge in [-0.25, -0.2) is 4.79 Å². The second-order valence-electron chi connectivity index (χ2n) is 4.48. The van der Waals surface area contributed by atoms with E-state index in [1.165, 1.54) is 0 Å². The number of halogens is 2. The molecule has 0 aromatic heterocycles. The Balaban J connectivity index is 2.07. The predicted octanol–water partition coefficient (Wildman–Crippen LogP) is 4.98. The van der Waals surface area contributed by atoms with Crippen molar-refractivity contribution in [3.63, 3.8) is 0 Å². The van der Waals surface area contributed by atoms with Crippen LogP contribution in [0.4, 0.5) is 11.4 Å². The van der Waals surface area contributed by atoms with Crippen molar-refractivity contribution < 1.29 is 9.53 Å². The lowest BCUT2D eigenvalue weighted by Gasteiger charge is -2.13. The van der Waals surface area contributed by atoms with Crippen molar-refractivity contribution in [1.29, 1.82) is 0 Å². The highest BCUT2D eigenvalue weighted by molar-refractivity contribution is 7.80. The molecule has 4 nitrogen and oxygen atoms in total. The van der Waals surface area contributed by atoms with Crippen LogP contribution in [0, 0.1) is 0 Å². The van der Waals surface area contributed by atoms with Gasteiger partial charge in [0, 0.05) is 5.69 Å². The predicted molar refractivity (Wildman–Crippen MR) is 98.7 cm³/mol. The molecule has 0 atom stereocenters. The summed E-state index contributed by atoms with van der Waals surface area (Å²) >= 11 is 17.3. The first-order valence-electron chi connectivity index (χ1n) is 6.80. The molecule has 0 spiro atoms. The number of esters is 1. The smallest absolute Gasteiger partial charge is 0.338 e. The van der Waals surface area contributed by atoms with E-state index in [4.69, 9.17) is 40.2 Å². The standard InChI is InChI=1S/C16H14Cl2N2O2S/c1-2-22-15(21)10-5-3-6-11(9-10)19-16(23)20-13-8-4-7-12(17)14(13)18/h3-9H,2H2,1H3,(H2,19,20,23). The summed E-state index contributed by atoms with van der Waals surface area (Å²) in [5.41, 5.74) is 1.70. The molecule has 0 unspecified atom stereocenters. The normalized spacial score (nSPS) is 10.0. The van der Waals surface area contributed by atoms with Crippen molar-refractivity contribution in [3.8, 4) is 0 Å². The zero-order valence-electron chi connectivity index (χ0n) is 12.2. The molecule has 0 saturated carbocycles. The SMILES string of the molecule is CCOC(=O)c1cccc(NC(=S)Nc2cccc(Cl)c2Cl)c1. The number of carbonyl (C=O) groups excluding carboxylic acids is 1. The van der Waals surface area contributed by atoms with Gasteiger partial charge in [-0.2, -0.15) is 0 Å². The summed E-state index contributed by atoms with van der Waals surface area (Å²) < 4.78 is 4.97. The summed E-state index contributed by atoms with van der Waals surface area (Å²) in [7, 11) is 0. The highest BCUT2D eigenvalue weighted by Gasteiger charge is 2.09. The molecular formula is C16H14Cl2N2O2S. The number of hydrogen-bond acceptors (Lipinski definition) is 3. The van der Waals surface area contributed by atoms with Gasteiger partial charge in [0.15, 0.2) is 5.11 Å². The molecule has 7 heteroatoms. The van der Waals surface area contributed by atoms with Crippen LogP contribution in [0.15, 0.2) is 42.5 Å². The van der Waals surface area contributed by atoms with Gasteiger partial charge in [-0.05, 0) is 49.5 Å². The Morgan fingerprint density at radius 1 is 1.17 bits per heavy atom. The Hall–Kier alpha value is -1.82. The molecule has 0 heterocycles. The van der Waals surface area contributed by atoms with Gasteiger partial charge in [-0.15, -0.1) is 0 Å². The van der Waals surface area contributed by atoms with Gasteiger partial charge in [0.05, 0.1) is 27.9 Å². The van der Waals surface area contributed by atoms with Gasteiger partial charge < -0.3 is 15.4 Å². The molecular weight excluding hydrogens is 355 g/mol. The third kappa shape index (κ3) is 4.82.